The van der Waals surface area contributed by atoms with Crippen LogP contribution in [0.2, 0.25) is 0 Å². The normalized spacial score (nSPS) is 16.7. The molecular weight excluding hydrogens is 358 g/mol. The molecule has 0 radical (unpaired) electrons. The van der Waals surface area contributed by atoms with Crippen LogP contribution in [-0.2, 0) is 14.3 Å². The number of terminal acetylenes is 1. The first kappa shape index (κ1) is 20.8. The molecule has 1 atom stereocenters. The summed E-state index contributed by atoms with van der Waals surface area (Å²) >= 11 is 0. The first-order valence-electron chi connectivity index (χ1n) is 8.77. The number of ether oxygens (including phenoxy) is 2. The van der Waals surface area contributed by atoms with E-state index in [0.29, 0.717) is 29.2 Å². The third-order valence-corrected chi connectivity index (χ3v) is 4.33. The molecule has 0 aliphatic heterocycles. The van der Waals surface area contributed by atoms with Crippen LogP contribution in [0.15, 0.2) is 59.1 Å². The monoisotopic (exact) mass is 381 g/mol. The molecule has 0 spiro atoms. The predicted molar refractivity (Wildman–Crippen MR) is 107 cm³/mol. The maximum atomic E-state index is 11.5. The number of carboxylic acid groups (broad SMARTS) is 1. The van der Waals surface area contributed by atoms with Crippen LogP contribution in [0, 0.1) is 18.3 Å². The fourth-order valence-electron chi connectivity index (χ4n) is 2.85. The lowest BCUT2D eigenvalue weighted by atomic mass is 9.90. The minimum Gasteiger partial charge on any atom is -0.493 e. The predicted octanol–water partition coefficient (Wildman–Crippen LogP) is 3.40. The Hall–Kier alpha value is -3.46. The quantitative estimate of drug-likeness (QED) is 0.387. The van der Waals surface area contributed by atoms with Gasteiger partial charge in [-0.25, -0.2) is 4.79 Å². The third-order valence-electron chi connectivity index (χ3n) is 4.33. The number of carbonyl (C=O) groups excluding carboxylic acids is 1. The summed E-state index contributed by atoms with van der Waals surface area (Å²) in [5, 5.41) is 12.3. The number of hydrogen-bond donors (Lipinski definition) is 2. The Balaban J connectivity index is 2.21. The summed E-state index contributed by atoms with van der Waals surface area (Å²) in [6.07, 6.45) is 10.2. The van der Waals surface area contributed by atoms with Crippen molar-refractivity contribution in [3.63, 3.8) is 0 Å². The number of benzene rings is 1. The number of aldehydes is 1. The number of carbonyl (C=O) groups is 2. The maximum absolute atomic E-state index is 11.5. The van der Waals surface area contributed by atoms with E-state index >= 15 is 0 Å². The number of anilines is 1. The topological polar surface area (TPSA) is 84.9 Å². The first-order valence-corrected chi connectivity index (χ1v) is 8.77. The first-order chi connectivity index (χ1) is 13.5. The van der Waals surface area contributed by atoms with Gasteiger partial charge in [0.1, 0.15) is 18.7 Å². The SMILES string of the molecule is C#CCOC1=C(OC)C=C(/C=C(\C=O)CNc2ccccc2C(=O)O)C(C)C1. The average Bonchev–Trinajstić information content (AvgIpc) is 2.70. The molecule has 2 rings (SSSR count). The molecule has 0 aromatic heterocycles. The lowest BCUT2D eigenvalue weighted by molar-refractivity contribution is -0.104. The van der Waals surface area contributed by atoms with E-state index in [1.54, 1.807) is 31.4 Å². The molecule has 1 aromatic rings. The molecule has 6 heteroatoms. The van der Waals surface area contributed by atoms with Crippen LogP contribution >= 0.6 is 0 Å². The summed E-state index contributed by atoms with van der Waals surface area (Å²) < 4.78 is 10.9. The largest absolute Gasteiger partial charge is 0.493 e. The number of allylic oxidation sites excluding steroid dienone is 4. The molecule has 1 unspecified atom stereocenters. The van der Waals surface area contributed by atoms with Crippen molar-refractivity contribution < 1.29 is 24.2 Å². The summed E-state index contributed by atoms with van der Waals surface area (Å²) in [7, 11) is 1.55. The number of nitrogens with one attached hydrogen (secondary N) is 1. The Morgan fingerprint density at radius 3 is 2.82 bits per heavy atom. The minimum absolute atomic E-state index is 0.105. The van der Waals surface area contributed by atoms with Gasteiger partial charge in [-0.1, -0.05) is 31.1 Å². The van der Waals surface area contributed by atoms with Crippen LogP contribution in [-0.4, -0.2) is 37.6 Å². The fraction of sp³-hybridized carbons (Fsp3) is 0.273. The Bertz CT molecular complexity index is 873. The highest BCUT2D eigenvalue weighted by molar-refractivity contribution is 5.94. The van der Waals surface area contributed by atoms with Gasteiger partial charge in [0, 0.05) is 24.2 Å². The highest BCUT2D eigenvalue weighted by Gasteiger charge is 2.21. The molecule has 0 amide bonds. The van der Waals surface area contributed by atoms with Crippen molar-refractivity contribution in [2.45, 2.75) is 13.3 Å². The van der Waals surface area contributed by atoms with E-state index in [4.69, 9.17) is 15.9 Å². The Labute approximate surface area is 164 Å². The number of aromatic carboxylic acids is 1. The van der Waals surface area contributed by atoms with Gasteiger partial charge in [0.25, 0.3) is 0 Å². The fourth-order valence-corrected chi connectivity index (χ4v) is 2.85. The van der Waals surface area contributed by atoms with Crippen molar-refractivity contribution in [2.24, 2.45) is 5.92 Å². The van der Waals surface area contributed by atoms with Crippen molar-refractivity contribution in [1.29, 1.82) is 0 Å². The highest BCUT2D eigenvalue weighted by atomic mass is 16.5. The summed E-state index contributed by atoms with van der Waals surface area (Å²) in [4.78, 5) is 22.8. The van der Waals surface area contributed by atoms with Gasteiger partial charge in [0.05, 0.1) is 12.7 Å². The number of para-hydroxylation sites is 1. The van der Waals surface area contributed by atoms with Crippen LogP contribution in [0.1, 0.15) is 23.7 Å². The molecule has 0 saturated carbocycles. The molecule has 28 heavy (non-hydrogen) atoms. The number of methoxy groups -OCH3 is 1. The molecular formula is C22H23NO5. The molecule has 6 nitrogen and oxygen atoms in total. The van der Waals surface area contributed by atoms with Crippen molar-refractivity contribution in [3.8, 4) is 12.3 Å². The molecule has 0 heterocycles. The zero-order valence-electron chi connectivity index (χ0n) is 15.9. The molecule has 0 fully saturated rings. The van der Waals surface area contributed by atoms with E-state index in [2.05, 4.69) is 11.2 Å². The molecule has 1 aromatic carbocycles. The van der Waals surface area contributed by atoms with Gasteiger partial charge in [0.15, 0.2) is 5.76 Å². The molecule has 1 aliphatic rings. The standard InChI is InChI=1S/C22H23NO5/c1-4-9-28-21-10-15(2)17(12-20(21)27-3)11-16(14-24)13-23-19-8-6-5-7-18(19)22(25)26/h1,5-8,11-12,14-15,23H,9-10,13H2,2-3H3,(H,25,26)/b16-11-. The molecule has 2 N–H and O–H groups in total. The Morgan fingerprint density at radius 1 is 1.43 bits per heavy atom. The average molecular weight is 381 g/mol. The summed E-state index contributed by atoms with van der Waals surface area (Å²) in [5.41, 5.74) is 2.01. The minimum atomic E-state index is -1.03. The second-order valence-corrected chi connectivity index (χ2v) is 6.28. The second kappa shape index (κ2) is 10.0. The highest BCUT2D eigenvalue weighted by Crippen LogP contribution is 2.31. The number of hydrogen-bond acceptors (Lipinski definition) is 5. The zero-order chi connectivity index (χ0) is 20.5. The van der Waals surface area contributed by atoms with Gasteiger partial charge in [-0.05, 0) is 29.7 Å². The number of carboxylic acids is 1. The maximum Gasteiger partial charge on any atom is 0.337 e. The van der Waals surface area contributed by atoms with Gasteiger partial charge >= 0.3 is 5.97 Å². The van der Waals surface area contributed by atoms with Gasteiger partial charge in [-0.15, -0.1) is 6.42 Å². The smallest absolute Gasteiger partial charge is 0.337 e. The van der Waals surface area contributed by atoms with E-state index in [0.717, 1.165) is 11.9 Å². The summed E-state index contributed by atoms with van der Waals surface area (Å²) in [6, 6.07) is 6.56. The summed E-state index contributed by atoms with van der Waals surface area (Å²) in [5.74, 6) is 2.77. The van der Waals surface area contributed by atoms with Crippen LogP contribution < -0.4 is 5.32 Å². The Morgan fingerprint density at radius 2 is 2.18 bits per heavy atom. The molecule has 146 valence electrons. The summed E-state index contributed by atoms with van der Waals surface area (Å²) in [6.45, 7) is 2.38. The van der Waals surface area contributed by atoms with E-state index in [9.17, 15) is 14.7 Å². The van der Waals surface area contributed by atoms with Crippen molar-refractivity contribution in [3.05, 3.63) is 64.6 Å². The van der Waals surface area contributed by atoms with Crippen LogP contribution in [0.25, 0.3) is 0 Å². The van der Waals surface area contributed by atoms with Crippen molar-refractivity contribution in [1.82, 2.24) is 0 Å². The van der Waals surface area contributed by atoms with Crippen LogP contribution in [0.3, 0.4) is 0 Å². The molecule has 0 bridgehead atoms. The van der Waals surface area contributed by atoms with Crippen LogP contribution in [0.5, 0.6) is 0 Å². The van der Waals surface area contributed by atoms with E-state index in [-0.39, 0.29) is 24.6 Å². The third kappa shape index (κ3) is 5.27. The van der Waals surface area contributed by atoms with Gasteiger partial charge in [-0.3, -0.25) is 4.79 Å². The van der Waals surface area contributed by atoms with Gasteiger partial charge < -0.3 is 19.9 Å². The van der Waals surface area contributed by atoms with Gasteiger partial charge in [0.2, 0.25) is 0 Å². The lowest BCUT2D eigenvalue weighted by Crippen LogP contribution is -2.14. The molecule has 1 aliphatic carbocycles. The van der Waals surface area contributed by atoms with Gasteiger partial charge in [-0.2, -0.15) is 0 Å². The van der Waals surface area contributed by atoms with Crippen molar-refractivity contribution in [2.75, 3.05) is 25.6 Å². The second-order valence-electron chi connectivity index (χ2n) is 6.28. The number of rotatable bonds is 9. The van der Waals surface area contributed by atoms with Crippen LogP contribution in [0.4, 0.5) is 5.69 Å². The van der Waals surface area contributed by atoms with E-state index < -0.39 is 5.97 Å². The van der Waals surface area contributed by atoms with E-state index in [1.807, 2.05) is 13.0 Å². The lowest BCUT2D eigenvalue weighted by Gasteiger charge is -2.23. The van der Waals surface area contributed by atoms with E-state index in [1.165, 1.54) is 6.07 Å². The zero-order valence-corrected chi connectivity index (χ0v) is 15.9. The Kier molecular flexibility index (Phi) is 7.46. The van der Waals surface area contributed by atoms with Crippen molar-refractivity contribution >= 4 is 17.9 Å². The molecule has 0 saturated heterocycles.